The van der Waals surface area contributed by atoms with Crippen LogP contribution in [0.2, 0.25) is 0 Å². The third-order valence-electron chi connectivity index (χ3n) is 2.26. The van der Waals surface area contributed by atoms with E-state index >= 15 is 0 Å². The predicted molar refractivity (Wildman–Crippen MR) is 69.9 cm³/mol. The van der Waals surface area contributed by atoms with E-state index < -0.39 is 0 Å². The monoisotopic (exact) mass is 239 g/mol. The maximum Gasteiger partial charge on any atom is 0.128 e. The van der Waals surface area contributed by atoms with E-state index in [0.29, 0.717) is 4.99 Å². The Balaban J connectivity index is 2.64. The highest BCUT2D eigenvalue weighted by Gasteiger charge is 2.04. The molecular weight excluding hydrogens is 222 g/mol. The Hall–Kier alpha value is -1.20. The summed E-state index contributed by atoms with van der Waals surface area (Å²) in [6, 6.07) is 3.71. The normalized spacial score (nSPS) is 10.1. The summed E-state index contributed by atoms with van der Waals surface area (Å²) in [7, 11) is 3.69. The van der Waals surface area contributed by atoms with Gasteiger partial charge in [0.05, 0.1) is 0 Å². The zero-order valence-corrected chi connectivity index (χ0v) is 10.5. The first-order chi connectivity index (χ1) is 7.65. The van der Waals surface area contributed by atoms with Crippen LogP contribution in [0.1, 0.15) is 12.0 Å². The van der Waals surface area contributed by atoms with Crippen molar-refractivity contribution >= 4 is 23.0 Å². The van der Waals surface area contributed by atoms with Crippen molar-refractivity contribution in [2.24, 2.45) is 5.73 Å². The van der Waals surface area contributed by atoms with Crippen molar-refractivity contribution in [3.8, 4) is 0 Å². The summed E-state index contributed by atoms with van der Waals surface area (Å²) in [5.74, 6) is 0.876. The van der Waals surface area contributed by atoms with Gasteiger partial charge in [-0.2, -0.15) is 0 Å². The first kappa shape index (κ1) is 12.9. The topological polar surface area (TPSA) is 51.4 Å². The number of aromatic nitrogens is 1. The lowest BCUT2D eigenvalue weighted by atomic mass is 10.2. The van der Waals surface area contributed by atoms with E-state index in [0.717, 1.165) is 31.0 Å². The van der Waals surface area contributed by atoms with Crippen molar-refractivity contribution in [2.45, 2.75) is 6.42 Å². The Morgan fingerprint density at radius 2 is 2.38 bits per heavy atom. The van der Waals surface area contributed by atoms with Gasteiger partial charge in [-0.05, 0) is 18.6 Å². The van der Waals surface area contributed by atoms with Gasteiger partial charge in [0.25, 0.3) is 0 Å². The number of hydrogen-bond donors (Lipinski definition) is 1. The van der Waals surface area contributed by atoms with Crippen LogP contribution in [-0.4, -0.2) is 37.3 Å². The van der Waals surface area contributed by atoms with Gasteiger partial charge in [0.2, 0.25) is 0 Å². The molecule has 0 aliphatic carbocycles. The smallest absolute Gasteiger partial charge is 0.128 e. The molecule has 0 bridgehead atoms. The number of nitrogens with two attached hydrogens (primary N) is 1. The maximum absolute atomic E-state index is 5.57. The van der Waals surface area contributed by atoms with E-state index in [9.17, 15) is 0 Å². The molecule has 0 atom stereocenters. The molecule has 0 spiro atoms. The summed E-state index contributed by atoms with van der Waals surface area (Å²) in [6.45, 7) is 1.64. The quantitative estimate of drug-likeness (QED) is 0.597. The number of ether oxygens (including phenoxy) is 1. The average molecular weight is 239 g/mol. The van der Waals surface area contributed by atoms with Crippen LogP contribution < -0.4 is 10.6 Å². The second-order valence-corrected chi connectivity index (χ2v) is 3.97. The SMILES string of the molecule is COCCCN(C)c1cc(C(N)=S)ccn1. The van der Waals surface area contributed by atoms with Crippen molar-refractivity contribution in [1.82, 2.24) is 4.98 Å². The maximum atomic E-state index is 5.57. The van der Waals surface area contributed by atoms with E-state index in [-0.39, 0.29) is 0 Å². The lowest BCUT2D eigenvalue weighted by molar-refractivity contribution is 0.196. The van der Waals surface area contributed by atoms with Gasteiger partial charge in [-0.3, -0.25) is 0 Å². The molecule has 88 valence electrons. The van der Waals surface area contributed by atoms with Gasteiger partial charge >= 0.3 is 0 Å². The third kappa shape index (κ3) is 3.75. The number of hydrogen-bond acceptors (Lipinski definition) is 4. The van der Waals surface area contributed by atoms with Crippen LogP contribution in [0, 0.1) is 0 Å². The molecule has 0 aliphatic rings. The summed E-state index contributed by atoms with van der Waals surface area (Å²) in [5.41, 5.74) is 6.42. The zero-order valence-electron chi connectivity index (χ0n) is 9.64. The minimum Gasteiger partial charge on any atom is -0.389 e. The van der Waals surface area contributed by atoms with Crippen molar-refractivity contribution in [3.05, 3.63) is 23.9 Å². The Kier molecular flexibility index (Phi) is 5.14. The van der Waals surface area contributed by atoms with Gasteiger partial charge in [0, 0.05) is 39.1 Å². The molecule has 0 saturated heterocycles. The summed E-state index contributed by atoms with van der Waals surface area (Å²) in [6.07, 6.45) is 2.68. The van der Waals surface area contributed by atoms with Crippen LogP contribution >= 0.6 is 12.2 Å². The lowest BCUT2D eigenvalue weighted by Gasteiger charge is -2.18. The first-order valence-corrected chi connectivity index (χ1v) is 5.52. The fourth-order valence-electron chi connectivity index (χ4n) is 1.34. The number of anilines is 1. The average Bonchev–Trinajstić information content (AvgIpc) is 2.29. The van der Waals surface area contributed by atoms with Crippen LogP contribution in [0.4, 0.5) is 5.82 Å². The van der Waals surface area contributed by atoms with E-state index in [2.05, 4.69) is 9.88 Å². The number of nitrogens with zero attached hydrogens (tertiary/aromatic N) is 2. The van der Waals surface area contributed by atoms with Gasteiger partial charge in [-0.1, -0.05) is 12.2 Å². The van der Waals surface area contributed by atoms with E-state index in [1.807, 2.05) is 19.2 Å². The second-order valence-electron chi connectivity index (χ2n) is 3.53. The van der Waals surface area contributed by atoms with E-state index in [4.69, 9.17) is 22.7 Å². The lowest BCUT2D eigenvalue weighted by Crippen LogP contribution is -2.21. The Morgan fingerprint density at radius 3 is 3.00 bits per heavy atom. The Morgan fingerprint density at radius 1 is 1.62 bits per heavy atom. The Bertz CT molecular complexity index is 357. The van der Waals surface area contributed by atoms with E-state index in [1.165, 1.54) is 0 Å². The molecule has 0 saturated carbocycles. The summed E-state index contributed by atoms with van der Waals surface area (Å²) in [5, 5.41) is 0. The fourth-order valence-corrected chi connectivity index (χ4v) is 1.47. The highest BCUT2D eigenvalue weighted by Crippen LogP contribution is 2.11. The molecule has 5 heteroatoms. The summed E-state index contributed by atoms with van der Waals surface area (Å²) in [4.78, 5) is 6.72. The third-order valence-corrected chi connectivity index (χ3v) is 2.50. The molecule has 2 N–H and O–H groups in total. The summed E-state index contributed by atoms with van der Waals surface area (Å²) >= 11 is 4.93. The van der Waals surface area contributed by atoms with Crippen LogP contribution in [0.5, 0.6) is 0 Å². The molecule has 1 aromatic rings. The molecule has 0 unspecified atom stereocenters. The van der Waals surface area contributed by atoms with Gasteiger partial charge in [-0.15, -0.1) is 0 Å². The molecule has 4 nitrogen and oxygen atoms in total. The molecule has 0 fully saturated rings. The van der Waals surface area contributed by atoms with Crippen LogP contribution in [0.3, 0.4) is 0 Å². The molecule has 0 aromatic carbocycles. The van der Waals surface area contributed by atoms with Crippen molar-refractivity contribution in [2.75, 3.05) is 32.2 Å². The van der Waals surface area contributed by atoms with E-state index in [1.54, 1.807) is 13.3 Å². The molecule has 0 amide bonds. The number of pyridine rings is 1. The van der Waals surface area contributed by atoms with Crippen molar-refractivity contribution < 1.29 is 4.74 Å². The molecule has 16 heavy (non-hydrogen) atoms. The minimum atomic E-state index is 0.397. The minimum absolute atomic E-state index is 0.397. The number of rotatable bonds is 6. The van der Waals surface area contributed by atoms with Crippen molar-refractivity contribution in [3.63, 3.8) is 0 Å². The van der Waals surface area contributed by atoms with Gasteiger partial charge in [0.1, 0.15) is 10.8 Å². The second kappa shape index (κ2) is 6.40. The van der Waals surface area contributed by atoms with Crippen LogP contribution in [0.25, 0.3) is 0 Å². The molecule has 1 aromatic heterocycles. The van der Waals surface area contributed by atoms with Gasteiger partial charge in [0.15, 0.2) is 0 Å². The standard InChI is InChI=1S/C11H17N3OS/c1-14(6-3-7-15-2)10-8-9(11(12)16)4-5-13-10/h4-5,8H,3,6-7H2,1-2H3,(H2,12,16). The first-order valence-electron chi connectivity index (χ1n) is 5.11. The number of methoxy groups -OCH3 is 1. The fraction of sp³-hybridized carbons (Fsp3) is 0.455. The number of thiocarbonyl (C=S) groups is 1. The highest BCUT2D eigenvalue weighted by atomic mass is 32.1. The zero-order chi connectivity index (χ0) is 12.0. The highest BCUT2D eigenvalue weighted by molar-refractivity contribution is 7.80. The molecule has 0 radical (unpaired) electrons. The predicted octanol–water partition coefficient (Wildman–Crippen LogP) is 1.19. The largest absolute Gasteiger partial charge is 0.389 e. The van der Waals surface area contributed by atoms with Gasteiger partial charge < -0.3 is 15.4 Å². The van der Waals surface area contributed by atoms with Gasteiger partial charge in [-0.25, -0.2) is 4.98 Å². The van der Waals surface area contributed by atoms with Crippen LogP contribution in [-0.2, 0) is 4.74 Å². The molecule has 0 aliphatic heterocycles. The molecular formula is C11H17N3OS. The molecule has 1 heterocycles. The Labute approximate surface area is 101 Å². The van der Waals surface area contributed by atoms with Crippen molar-refractivity contribution in [1.29, 1.82) is 0 Å². The van der Waals surface area contributed by atoms with Crippen LogP contribution in [0.15, 0.2) is 18.3 Å². The summed E-state index contributed by atoms with van der Waals surface area (Å²) < 4.78 is 5.00. The molecule has 1 rings (SSSR count).